The predicted octanol–water partition coefficient (Wildman–Crippen LogP) is 3.98. The number of benzene rings is 1. The average molecular weight is 410 g/mol. The number of carboxylic acid groups (broad SMARTS) is 1. The van der Waals surface area contributed by atoms with E-state index < -0.39 is 5.97 Å². The van der Waals surface area contributed by atoms with E-state index in [9.17, 15) is 15.0 Å². The third-order valence-corrected chi connectivity index (χ3v) is 5.41. The highest BCUT2D eigenvalue weighted by molar-refractivity contribution is 6.09. The zero-order valence-electron chi connectivity index (χ0n) is 17.3. The van der Waals surface area contributed by atoms with Crippen molar-refractivity contribution in [1.29, 1.82) is 0 Å². The molecule has 1 fully saturated rings. The smallest absolute Gasteiger partial charge is 0.340 e. The molecule has 3 heterocycles. The van der Waals surface area contributed by atoms with E-state index in [0.29, 0.717) is 35.8 Å². The second-order valence-electron chi connectivity index (χ2n) is 7.92. The summed E-state index contributed by atoms with van der Waals surface area (Å²) in [6, 6.07) is 6.66. The van der Waals surface area contributed by atoms with Crippen molar-refractivity contribution in [1.82, 2.24) is 14.8 Å². The molecule has 0 amide bonds. The van der Waals surface area contributed by atoms with Crippen LogP contribution in [-0.2, 0) is 4.74 Å². The number of ether oxygens (including phenoxy) is 1. The van der Waals surface area contributed by atoms with Crippen LogP contribution in [-0.4, -0.2) is 50.2 Å². The molecule has 4 rings (SSSR count). The topological polar surface area (TPSA) is 110 Å². The molecule has 2 aromatic heterocycles. The lowest BCUT2D eigenvalue weighted by atomic mass is 9.99. The number of hydrogen-bond donors (Lipinski definition) is 3. The van der Waals surface area contributed by atoms with Crippen LogP contribution in [0.15, 0.2) is 24.3 Å². The molecule has 158 valence electrons. The summed E-state index contributed by atoms with van der Waals surface area (Å²) in [5.41, 5.74) is 2.82. The van der Waals surface area contributed by atoms with Crippen LogP contribution >= 0.6 is 0 Å². The van der Waals surface area contributed by atoms with Crippen LogP contribution in [0.4, 0.5) is 5.69 Å². The number of hydrogen-bond acceptors (Lipinski definition) is 6. The normalized spacial score (nSPS) is 15.1. The SMILES string of the molecule is Cc1nn(C(C)C)c2nc(-c3cccc(O)c3)c(C(=O)O)c(NC3CCOCC3)c12. The van der Waals surface area contributed by atoms with Gasteiger partial charge in [-0.1, -0.05) is 12.1 Å². The number of aromatic hydroxyl groups is 1. The number of aromatic carboxylic acids is 1. The monoisotopic (exact) mass is 410 g/mol. The van der Waals surface area contributed by atoms with Gasteiger partial charge in [0.05, 0.1) is 22.5 Å². The zero-order chi connectivity index (χ0) is 21.4. The fraction of sp³-hybridized carbons (Fsp3) is 0.409. The lowest BCUT2D eigenvalue weighted by molar-refractivity contribution is 0.0698. The molecule has 1 aromatic carbocycles. The molecule has 0 saturated carbocycles. The Morgan fingerprint density at radius 1 is 1.30 bits per heavy atom. The van der Waals surface area contributed by atoms with Crippen molar-refractivity contribution in [2.24, 2.45) is 0 Å². The third-order valence-electron chi connectivity index (χ3n) is 5.41. The molecule has 0 spiro atoms. The molecule has 0 bridgehead atoms. The van der Waals surface area contributed by atoms with Crippen molar-refractivity contribution < 1.29 is 19.7 Å². The maximum absolute atomic E-state index is 12.4. The quantitative estimate of drug-likeness (QED) is 0.583. The van der Waals surface area contributed by atoms with E-state index in [2.05, 4.69) is 10.4 Å². The van der Waals surface area contributed by atoms with Crippen molar-refractivity contribution in [3.8, 4) is 17.0 Å². The molecule has 0 aliphatic carbocycles. The lowest BCUT2D eigenvalue weighted by Crippen LogP contribution is -2.29. The number of aryl methyl sites for hydroxylation is 1. The standard InChI is InChI=1S/C22H26N4O4/c1-12(2)26-21-17(13(3)25-26)20(23-15-7-9-30-10-8-15)18(22(28)29)19(24-21)14-5-4-6-16(27)11-14/h4-6,11-12,15,27H,7-10H2,1-3H3,(H,23,24)(H,28,29). The Hall–Kier alpha value is -3.13. The summed E-state index contributed by atoms with van der Waals surface area (Å²) in [4.78, 5) is 17.2. The number of fused-ring (bicyclic) bond motifs is 1. The number of pyridine rings is 1. The van der Waals surface area contributed by atoms with Gasteiger partial charge in [0.25, 0.3) is 0 Å². The number of nitrogens with zero attached hydrogens (tertiary/aromatic N) is 3. The van der Waals surface area contributed by atoms with Crippen LogP contribution in [0, 0.1) is 6.92 Å². The number of phenolic OH excluding ortho intramolecular Hbond substituents is 1. The minimum atomic E-state index is -1.08. The summed E-state index contributed by atoms with van der Waals surface area (Å²) in [7, 11) is 0. The van der Waals surface area contributed by atoms with Gasteiger partial charge < -0.3 is 20.3 Å². The second kappa shape index (κ2) is 7.95. The molecule has 8 nitrogen and oxygen atoms in total. The minimum Gasteiger partial charge on any atom is -0.508 e. The maximum atomic E-state index is 12.4. The first kappa shape index (κ1) is 20.2. The molecule has 30 heavy (non-hydrogen) atoms. The molecular weight excluding hydrogens is 384 g/mol. The number of aromatic nitrogens is 3. The van der Waals surface area contributed by atoms with Gasteiger partial charge in [0.2, 0.25) is 0 Å². The summed E-state index contributed by atoms with van der Waals surface area (Å²) >= 11 is 0. The summed E-state index contributed by atoms with van der Waals surface area (Å²) in [5, 5.41) is 29.0. The van der Waals surface area contributed by atoms with Gasteiger partial charge in [0, 0.05) is 30.9 Å². The Kier molecular flexibility index (Phi) is 5.34. The molecule has 3 aromatic rings. The van der Waals surface area contributed by atoms with Crippen molar-refractivity contribution in [2.75, 3.05) is 18.5 Å². The number of carbonyl (C=O) groups is 1. The van der Waals surface area contributed by atoms with Crippen LogP contribution < -0.4 is 5.32 Å². The largest absolute Gasteiger partial charge is 0.508 e. The fourth-order valence-corrected chi connectivity index (χ4v) is 3.96. The van der Waals surface area contributed by atoms with Crippen LogP contribution in [0.5, 0.6) is 5.75 Å². The average Bonchev–Trinajstić information content (AvgIpc) is 3.05. The first-order valence-corrected chi connectivity index (χ1v) is 10.2. The number of nitrogens with one attached hydrogen (secondary N) is 1. The van der Waals surface area contributed by atoms with Crippen LogP contribution in [0.1, 0.15) is 48.8 Å². The summed E-state index contributed by atoms with van der Waals surface area (Å²) in [6.45, 7) is 7.17. The van der Waals surface area contributed by atoms with Gasteiger partial charge in [0.15, 0.2) is 5.65 Å². The van der Waals surface area contributed by atoms with E-state index in [-0.39, 0.29) is 23.4 Å². The van der Waals surface area contributed by atoms with Gasteiger partial charge in [-0.3, -0.25) is 0 Å². The Bertz CT molecular complexity index is 1100. The number of carboxylic acids is 1. The number of anilines is 1. The highest BCUT2D eigenvalue weighted by Crippen LogP contribution is 2.38. The van der Waals surface area contributed by atoms with Gasteiger partial charge in [-0.15, -0.1) is 0 Å². The fourth-order valence-electron chi connectivity index (χ4n) is 3.96. The van der Waals surface area contributed by atoms with Crippen molar-refractivity contribution in [2.45, 2.75) is 45.7 Å². The molecule has 8 heteroatoms. The van der Waals surface area contributed by atoms with E-state index in [0.717, 1.165) is 23.9 Å². The van der Waals surface area contributed by atoms with Crippen molar-refractivity contribution in [3.63, 3.8) is 0 Å². The van der Waals surface area contributed by atoms with Gasteiger partial charge in [-0.2, -0.15) is 5.10 Å². The van der Waals surface area contributed by atoms with Gasteiger partial charge >= 0.3 is 5.97 Å². The van der Waals surface area contributed by atoms with Crippen molar-refractivity contribution in [3.05, 3.63) is 35.5 Å². The van der Waals surface area contributed by atoms with E-state index >= 15 is 0 Å². The lowest BCUT2D eigenvalue weighted by Gasteiger charge is -2.26. The third kappa shape index (κ3) is 3.59. The highest BCUT2D eigenvalue weighted by Gasteiger charge is 2.28. The second-order valence-corrected chi connectivity index (χ2v) is 7.92. The Morgan fingerprint density at radius 3 is 2.67 bits per heavy atom. The Labute approximate surface area is 174 Å². The van der Waals surface area contributed by atoms with Gasteiger partial charge in [-0.05, 0) is 45.7 Å². The molecule has 1 aliphatic heterocycles. The molecule has 0 radical (unpaired) electrons. The predicted molar refractivity (Wildman–Crippen MR) is 114 cm³/mol. The minimum absolute atomic E-state index is 0.0531. The van der Waals surface area contributed by atoms with E-state index in [1.165, 1.54) is 6.07 Å². The van der Waals surface area contributed by atoms with E-state index in [1.807, 2.05) is 25.5 Å². The first-order valence-electron chi connectivity index (χ1n) is 10.2. The number of rotatable bonds is 5. The molecule has 0 unspecified atom stereocenters. The molecular formula is C22H26N4O4. The summed E-state index contributed by atoms with van der Waals surface area (Å²) in [5.74, 6) is -1.02. The summed E-state index contributed by atoms with van der Waals surface area (Å²) in [6.07, 6.45) is 1.59. The van der Waals surface area contributed by atoms with Crippen LogP contribution in [0.3, 0.4) is 0 Å². The number of phenols is 1. The summed E-state index contributed by atoms with van der Waals surface area (Å²) < 4.78 is 7.27. The van der Waals surface area contributed by atoms with Gasteiger partial charge in [0.1, 0.15) is 11.3 Å². The highest BCUT2D eigenvalue weighted by atomic mass is 16.5. The van der Waals surface area contributed by atoms with Gasteiger partial charge in [-0.25, -0.2) is 14.5 Å². The zero-order valence-corrected chi connectivity index (χ0v) is 17.3. The Morgan fingerprint density at radius 2 is 2.03 bits per heavy atom. The van der Waals surface area contributed by atoms with Crippen LogP contribution in [0.2, 0.25) is 0 Å². The first-order chi connectivity index (χ1) is 14.4. The van der Waals surface area contributed by atoms with Crippen LogP contribution in [0.25, 0.3) is 22.3 Å². The molecule has 1 aliphatic rings. The molecule has 3 N–H and O–H groups in total. The molecule has 1 saturated heterocycles. The van der Waals surface area contributed by atoms with E-state index in [4.69, 9.17) is 9.72 Å². The molecule has 0 atom stereocenters. The van der Waals surface area contributed by atoms with E-state index in [1.54, 1.807) is 18.2 Å². The maximum Gasteiger partial charge on any atom is 0.340 e. The Balaban J connectivity index is 2.03. The van der Waals surface area contributed by atoms with Crippen molar-refractivity contribution >= 4 is 22.7 Å².